The molecular formula is C17H27Cl2NO. The van der Waals surface area contributed by atoms with Gasteiger partial charge in [0.25, 0.3) is 0 Å². The average molecular weight is 332 g/mol. The summed E-state index contributed by atoms with van der Waals surface area (Å²) in [7, 11) is 0. The largest absolute Gasteiger partial charge is 0.373 e. The lowest BCUT2D eigenvalue weighted by Gasteiger charge is -2.40. The monoisotopic (exact) mass is 331 g/mol. The molecule has 1 N–H and O–H groups in total. The Kier molecular flexibility index (Phi) is 8.04. The van der Waals surface area contributed by atoms with Crippen LogP contribution in [0.3, 0.4) is 0 Å². The Hall–Kier alpha value is -0.280. The molecule has 0 saturated heterocycles. The van der Waals surface area contributed by atoms with Gasteiger partial charge in [-0.2, -0.15) is 0 Å². The molecule has 0 aliphatic rings. The van der Waals surface area contributed by atoms with E-state index in [-0.39, 0.29) is 11.6 Å². The molecule has 1 unspecified atom stereocenters. The molecule has 0 aliphatic heterocycles. The first-order chi connectivity index (χ1) is 10.1. The maximum absolute atomic E-state index is 6.46. The van der Waals surface area contributed by atoms with Crippen LogP contribution in [0, 0.1) is 0 Å². The topological polar surface area (TPSA) is 21.3 Å². The molecule has 0 radical (unpaired) electrons. The number of hydrogen-bond donors (Lipinski definition) is 1. The molecule has 0 bridgehead atoms. The molecule has 1 atom stereocenters. The molecule has 0 fully saturated rings. The zero-order valence-electron chi connectivity index (χ0n) is 13.5. The Morgan fingerprint density at radius 3 is 2.33 bits per heavy atom. The highest BCUT2D eigenvalue weighted by Crippen LogP contribution is 2.40. The second-order valence-corrected chi connectivity index (χ2v) is 6.02. The lowest BCUT2D eigenvalue weighted by molar-refractivity contribution is -0.0732. The predicted molar refractivity (Wildman–Crippen MR) is 92.4 cm³/mol. The molecule has 120 valence electrons. The zero-order chi connectivity index (χ0) is 15.9. The zero-order valence-corrected chi connectivity index (χ0v) is 15.0. The second kappa shape index (κ2) is 8.99. The van der Waals surface area contributed by atoms with E-state index in [1.807, 2.05) is 25.1 Å². The Morgan fingerprint density at radius 1 is 1.14 bits per heavy atom. The van der Waals surface area contributed by atoms with Gasteiger partial charge in [-0.3, -0.25) is 0 Å². The summed E-state index contributed by atoms with van der Waals surface area (Å²) >= 11 is 12.7. The van der Waals surface area contributed by atoms with E-state index in [9.17, 15) is 0 Å². The number of halogens is 2. The van der Waals surface area contributed by atoms with Crippen LogP contribution in [0.5, 0.6) is 0 Å². The average Bonchev–Trinajstić information content (AvgIpc) is 2.50. The molecule has 0 heterocycles. The summed E-state index contributed by atoms with van der Waals surface area (Å²) in [5.74, 6) is 0. The van der Waals surface area contributed by atoms with Gasteiger partial charge in [-0.1, -0.05) is 56.1 Å². The van der Waals surface area contributed by atoms with E-state index in [1.54, 1.807) is 0 Å². The van der Waals surface area contributed by atoms with E-state index >= 15 is 0 Å². The van der Waals surface area contributed by atoms with Crippen molar-refractivity contribution < 1.29 is 4.74 Å². The van der Waals surface area contributed by atoms with Crippen molar-refractivity contribution in [2.75, 3.05) is 13.2 Å². The van der Waals surface area contributed by atoms with Gasteiger partial charge in [0.15, 0.2) is 0 Å². The van der Waals surface area contributed by atoms with Crippen LogP contribution >= 0.6 is 23.2 Å². The minimum atomic E-state index is -0.266. The number of benzene rings is 1. The summed E-state index contributed by atoms with van der Waals surface area (Å²) in [6, 6.07) is 5.86. The lowest BCUT2D eigenvalue weighted by Crippen LogP contribution is -2.46. The number of hydrogen-bond acceptors (Lipinski definition) is 2. The molecule has 0 spiro atoms. The van der Waals surface area contributed by atoms with Crippen LogP contribution in [-0.2, 0) is 4.74 Å². The van der Waals surface area contributed by atoms with Crippen LogP contribution in [0.4, 0.5) is 0 Å². The van der Waals surface area contributed by atoms with Gasteiger partial charge in [-0.15, -0.1) is 0 Å². The van der Waals surface area contributed by atoms with Crippen molar-refractivity contribution in [2.24, 2.45) is 0 Å². The van der Waals surface area contributed by atoms with Crippen molar-refractivity contribution in [3.05, 3.63) is 33.8 Å². The molecule has 1 aromatic carbocycles. The normalized spacial score (nSPS) is 13.4. The molecule has 2 nitrogen and oxygen atoms in total. The van der Waals surface area contributed by atoms with Crippen LogP contribution in [-0.4, -0.2) is 18.8 Å². The van der Waals surface area contributed by atoms with Gasteiger partial charge in [0.2, 0.25) is 0 Å². The Bertz CT molecular complexity index is 433. The van der Waals surface area contributed by atoms with Crippen LogP contribution in [0.1, 0.15) is 58.6 Å². The van der Waals surface area contributed by atoms with Gasteiger partial charge in [-0.25, -0.2) is 0 Å². The van der Waals surface area contributed by atoms with Gasteiger partial charge in [-0.05, 0) is 44.4 Å². The van der Waals surface area contributed by atoms with E-state index < -0.39 is 0 Å². The lowest BCUT2D eigenvalue weighted by atomic mass is 9.83. The first-order valence-corrected chi connectivity index (χ1v) is 8.63. The van der Waals surface area contributed by atoms with Crippen LogP contribution in [0.25, 0.3) is 0 Å². The second-order valence-electron chi connectivity index (χ2n) is 5.24. The quantitative estimate of drug-likeness (QED) is 0.633. The Labute approximate surface area is 139 Å². The number of ether oxygens (including phenoxy) is 1. The van der Waals surface area contributed by atoms with Crippen LogP contribution < -0.4 is 5.32 Å². The predicted octanol–water partition coefficient (Wildman–Crippen LogP) is 5.63. The SMILES string of the molecule is CCCNC(c1cccc(Cl)c1Cl)C(CC)(CC)OCC. The summed E-state index contributed by atoms with van der Waals surface area (Å²) in [5.41, 5.74) is 0.757. The van der Waals surface area contributed by atoms with E-state index in [0.717, 1.165) is 31.4 Å². The maximum atomic E-state index is 6.46. The van der Waals surface area contributed by atoms with Gasteiger partial charge >= 0.3 is 0 Å². The molecule has 0 saturated carbocycles. The third-order valence-electron chi connectivity index (χ3n) is 4.05. The smallest absolute Gasteiger partial charge is 0.0871 e. The third kappa shape index (κ3) is 4.35. The molecule has 0 aromatic heterocycles. The molecule has 0 amide bonds. The number of rotatable bonds is 9. The molecular weight excluding hydrogens is 305 g/mol. The van der Waals surface area contributed by atoms with Gasteiger partial charge < -0.3 is 10.1 Å². The number of nitrogens with one attached hydrogen (secondary N) is 1. The summed E-state index contributed by atoms with van der Waals surface area (Å²) < 4.78 is 6.17. The first kappa shape index (κ1) is 18.8. The van der Waals surface area contributed by atoms with Crippen LogP contribution in [0.15, 0.2) is 18.2 Å². The maximum Gasteiger partial charge on any atom is 0.0871 e. The van der Waals surface area contributed by atoms with Crippen molar-refractivity contribution in [3.63, 3.8) is 0 Å². The highest BCUT2D eigenvalue weighted by molar-refractivity contribution is 6.42. The summed E-state index contributed by atoms with van der Waals surface area (Å²) in [5, 5.41) is 4.83. The molecule has 1 rings (SSSR count). The fraction of sp³-hybridized carbons (Fsp3) is 0.647. The standard InChI is InChI=1S/C17H27Cl2NO/c1-5-12-20-16(17(6-2,7-3)21-8-4)13-10-9-11-14(18)15(13)19/h9-11,16,20H,5-8,12H2,1-4H3. The summed E-state index contributed by atoms with van der Waals surface area (Å²) in [4.78, 5) is 0. The highest BCUT2D eigenvalue weighted by Gasteiger charge is 2.38. The molecule has 4 heteroatoms. The summed E-state index contributed by atoms with van der Waals surface area (Å²) in [6.07, 6.45) is 2.90. The van der Waals surface area contributed by atoms with Crippen LogP contribution in [0.2, 0.25) is 10.0 Å². The molecule has 1 aromatic rings. The van der Waals surface area contributed by atoms with Crippen molar-refractivity contribution in [1.29, 1.82) is 0 Å². The van der Waals surface area contributed by atoms with E-state index in [4.69, 9.17) is 27.9 Å². The fourth-order valence-electron chi connectivity index (χ4n) is 2.84. The Balaban J connectivity index is 3.28. The Morgan fingerprint density at radius 2 is 1.81 bits per heavy atom. The van der Waals surface area contributed by atoms with Crippen molar-refractivity contribution >= 4 is 23.2 Å². The minimum absolute atomic E-state index is 0.0404. The van der Waals surface area contributed by atoms with Gasteiger partial charge in [0, 0.05) is 6.61 Å². The molecule has 21 heavy (non-hydrogen) atoms. The van der Waals surface area contributed by atoms with Gasteiger partial charge in [0.1, 0.15) is 0 Å². The third-order valence-corrected chi connectivity index (χ3v) is 4.88. The van der Waals surface area contributed by atoms with Crippen molar-refractivity contribution in [3.8, 4) is 0 Å². The first-order valence-electron chi connectivity index (χ1n) is 7.87. The molecule has 0 aliphatic carbocycles. The van der Waals surface area contributed by atoms with Gasteiger partial charge in [0.05, 0.1) is 21.7 Å². The van der Waals surface area contributed by atoms with Crippen molar-refractivity contribution in [2.45, 2.75) is 58.6 Å². The summed E-state index contributed by atoms with van der Waals surface area (Å²) in [6.45, 7) is 10.1. The highest BCUT2D eigenvalue weighted by atomic mass is 35.5. The fourth-order valence-corrected chi connectivity index (χ4v) is 3.26. The van der Waals surface area contributed by atoms with E-state index in [1.165, 1.54) is 0 Å². The van der Waals surface area contributed by atoms with E-state index in [2.05, 4.69) is 26.1 Å². The van der Waals surface area contributed by atoms with Crippen molar-refractivity contribution in [1.82, 2.24) is 5.32 Å². The minimum Gasteiger partial charge on any atom is -0.373 e. The van der Waals surface area contributed by atoms with E-state index in [0.29, 0.717) is 16.7 Å².